The number of benzene rings is 1. The lowest BCUT2D eigenvalue weighted by molar-refractivity contribution is 0.134. The van der Waals surface area contributed by atoms with Crippen molar-refractivity contribution in [3.8, 4) is 0 Å². The monoisotopic (exact) mass is 276 g/mol. The van der Waals surface area contributed by atoms with Crippen molar-refractivity contribution in [2.45, 2.75) is 19.8 Å². The van der Waals surface area contributed by atoms with Gasteiger partial charge in [0.15, 0.2) is 0 Å². The van der Waals surface area contributed by atoms with Gasteiger partial charge in [-0.15, -0.1) is 0 Å². The van der Waals surface area contributed by atoms with Gasteiger partial charge in [-0.3, -0.25) is 0 Å². The highest BCUT2D eigenvalue weighted by Gasteiger charge is 2.06. The molecule has 3 nitrogen and oxygen atoms in total. The minimum atomic E-state index is 0.546. The molecule has 0 aromatic heterocycles. The third kappa shape index (κ3) is 5.02. The SMILES string of the molecule is CCCOCCCNc1c(Cl)cc(N)cc1Cl. The smallest absolute Gasteiger partial charge is 0.0720 e. The van der Waals surface area contributed by atoms with E-state index in [1.165, 1.54) is 0 Å². The van der Waals surface area contributed by atoms with Crippen LogP contribution < -0.4 is 11.1 Å². The molecule has 0 bridgehead atoms. The Morgan fingerprint density at radius 2 is 1.88 bits per heavy atom. The zero-order chi connectivity index (χ0) is 12.7. The molecule has 0 aliphatic rings. The van der Waals surface area contributed by atoms with E-state index in [9.17, 15) is 0 Å². The van der Waals surface area contributed by atoms with Gasteiger partial charge in [-0.05, 0) is 25.0 Å². The first kappa shape index (κ1) is 14.4. The largest absolute Gasteiger partial charge is 0.399 e. The quantitative estimate of drug-likeness (QED) is 0.588. The fourth-order valence-electron chi connectivity index (χ4n) is 1.40. The van der Waals surface area contributed by atoms with Crippen LogP contribution in [0.25, 0.3) is 0 Å². The second kappa shape index (κ2) is 7.64. The molecular weight excluding hydrogens is 259 g/mol. The fraction of sp³-hybridized carbons (Fsp3) is 0.500. The van der Waals surface area contributed by atoms with Gasteiger partial charge >= 0.3 is 0 Å². The summed E-state index contributed by atoms with van der Waals surface area (Å²) < 4.78 is 5.37. The summed E-state index contributed by atoms with van der Waals surface area (Å²) in [6.45, 7) is 4.41. The van der Waals surface area contributed by atoms with Crippen LogP contribution in [0.4, 0.5) is 11.4 Å². The Balaban J connectivity index is 2.36. The highest BCUT2D eigenvalue weighted by atomic mass is 35.5. The molecule has 0 aliphatic heterocycles. The molecule has 0 saturated heterocycles. The Kier molecular flexibility index (Phi) is 6.48. The molecule has 5 heteroatoms. The van der Waals surface area contributed by atoms with E-state index in [0.29, 0.717) is 15.7 Å². The van der Waals surface area contributed by atoms with Gasteiger partial charge in [-0.2, -0.15) is 0 Å². The van der Waals surface area contributed by atoms with Crippen LogP contribution in [-0.2, 0) is 4.74 Å². The first-order chi connectivity index (χ1) is 8.15. The van der Waals surface area contributed by atoms with Crippen molar-refractivity contribution in [2.24, 2.45) is 0 Å². The predicted molar refractivity (Wildman–Crippen MR) is 75.1 cm³/mol. The second-order valence-corrected chi connectivity index (χ2v) is 4.57. The lowest BCUT2D eigenvalue weighted by Crippen LogP contribution is -2.07. The van der Waals surface area contributed by atoms with Gasteiger partial charge in [0.25, 0.3) is 0 Å². The van der Waals surface area contributed by atoms with Crippen molar-refractivity contribution in [1.82, 2.24) is 0 Å². The lowest BCUT2D eigenvalue weighted by atomic mass is 10.2. The highest BCUT2D eigenvalue weighted by Crippen LogP contribution is 2.32. The number of rotatable bonds is 7. The first-order valence-corrected chi connectivity index (χ1v) is 6.47. The maximum absolute atomic E-state index is 6.04. The molecule has 0 fully saturated rings. The van der Waals surface area contributed by atoms with Crippen molar-refractivity contribution < 1.29 is 4.74 Å². The Hall–Kier alpha value is -0.640. The standard InChI is InChI=1S/C12H18Cl2N2O/c1-2-5-17-6-3-4-16-12-10(13)7-9(15)8-11(12)14/h7-8,16H,2-6,15H2,1H3. The Morgan fingerprint density at radius 3 is 2.47 bits per heavy atom. The van der Waals surface area contributed by atoms with E-state index in [4.69, 9.17) is 33.7 Å². The van der Waals surface area contributed by atoms with Crippen LogP contribution in [0.3, 0.4) is 0 Å². The van der Waals surface area contributed by atoms with Gasteiger partial charge < -0.3 is 15.8 Å². The summed E-state index contributed by atoms with van der Waals surface area (Å²) in [7, 11) is 0. The van der Waals surface area contributed by atoms with Crippen molar-refractivity contribution in [1.29, 1.82) is 0 Å². The Labute approximate surface area is 112 Å². The zero-order valence-electron chi connectivity index (χ0n) is 9.93. The molecule has 0 atom stereocenters. The number of anilines is 2. The number of ether oxygens (including phenoxy) is 1. The molecule has 0 spiro atoms. The molecule has 0 aliphatic carbocycles. The molecule has 96 valence electrons. The molecule has 0 amide bonds. The molecule has 0 heterocycles. The number of hydrogen-bond donors (Lipinski definition) is 2. The lowest BCUT2D eigenvalue weighted by Gasteiger charge is -2.11. The summed E-state index contributed by atoms with van der Waals surface area (Å²) in [5, 5.41) is 4.28. The number of hydrogen-bond acceptors (Lipinski definition) is 3. The topological polar surface area (TPSA) is 47.3 Å². The molecule has 0 saturated carbocycles. The molecule has 3 N–H and O–H groups in total. The fourth-order valence-corrected chi connectivity index (χ4v) is 2.03. The van der Waals surface area contributed by atoms with Crippen LogP contribution in [0.2, 0.25) is 10.0 Å². The van der Waals surface area contributed by atoms with E-state index in [0.717, 1.165) is 38.3 Å². The van der Waals surface area contributed by atoms with Crippen LogP contribution in [0.15, 0.2) is 12.1 Å². The minimum Gasteiger partial charge on any atom is -0.399 e. The van der Waals surface area contributed by atoms with Crippen LogP contribution >= 0.6 is 23.2 Å². The molecular formula is C12H18Cl2N2O. The number of halogens is 2. The summed E-state index contributed by atoms with van der Waals surface area (Å²) in [5.74, 6) is 0. The summed E-state index contributed by atoms with van der Waals surface area (Å²) in [5.41, 5.74) is 6.92. The average molecular weight is 277 g/mol. The average Bonchev–Trinajstić information content (AvgIpc) is 2.26. The van der Waals surface area contributed by atoms with Crippen molar-refractivity contribution in [3.05, 3.63) is 22.2 Å². The number of nitrogen functional groups attached to an aromatic ring is 1. The Morgan fingerprint density at radius 1 is 1.24 bits per heavy atom. The van der Waals surface area contributed by atoms with Crippen molar-refractivity contribution in [2.75, 3.05) is 30.8 Å². The van der Waals surface area contributed by atoms with Gasteiger partial charge in [0, 0.05) is 25.4 Å². The van der Waals surface area contributed by atoms with Gasteiger partial charge in [-0.25, -0.2) is 0 Å². The molecule has 0 radical (unpaired) electrons. The van der Waals surface area contributed by atoms with E-state index in [1.807, 2.05) is 0 Å². The third-order valence-electron chi connectivity index (χ3n) is 2.18. The van der Waals surface area contributed by atoms with E-state index in [2.05, 4.69) is 12.2 Å². The van der Waals surface area contributed by atoms with Crippen molar-refractivity contribution >= 4 is 34.6 Å². The zero-order valence-corrected chi connectivity index (χ0v) is 11.4. The molecule has 1 rings (SSSR count). The van der Waals surface area contributed by atoms with Gasteiger partial charge in [0.05, 0.1) is 15.7 Å². The maximum Gasteiger partial charge on any atom is 0.0720 e. The van der Waals surface area contributed by atoms with Crippen LogP contribution in [0.5, 0.6) is 0 Å². The van der Waals surface area contributed by atoms with Gasteiger partial charge in [0.1, 0.15) is 0 Å². The van der Waals surface area contributed by atoms with Crippen LogP contribution in [0.1, 0.15) is 19.8 Å². The summed E-state index contributed by atoms with van der Waals surface area (Å²) in [6.07, 6.45) is 1.96. The molecule has 0 unspecified atom stereocenters. The van der Waals surface area contributed by atoms with Gasteiger partial charge in [-0.1, -0.05) is 30.1 Å². The van der Waals surface area contributed by atoms with E-state index in [1.54, 1.807) is 12.1 Å². The maximum atomic E-state index is 6.04. The molecule has 1 aromatic carbocycles. The highest BCUT2D eigenvalue weighted by molar-refractivity contribution is 6.39. The minimum absolute atomic E-state index is 0.546. The normalized spacial score (nSPS) is 10.5. The van der Waals surface area contributed by atoms with E-state index in [-0.39, 0.29) is 0 Å². The van der Waals surface area contributed by atoms with Crippen LogP contribution in [0, 0.1) is 0 Å². The van der Waals surface area contributed by atoms with Gasteiger partial charge in [0.2, 0.25) is 0 Å². The summed E-state index contributed by atoms with van der Waals surface area (Å²) in [6, 6.07) is 3.37. The molecule has 17 heavy (non-hydrogen) atoms. The first-order valence-electron chi connectivity index (χ1n) is 5.71. The number of nitrogens with one attached hydrogen (secondary N) is 1. The van der Waals surface area contributed by atoms with Crippen molar-refractivity contribution in [3.63, 3.8) is 0 Å². The summed E-state index contributed by atoms with van der Waals surface area (Å²) >= 11 is 12.1. The number of nitrogens with two attached hydrogens (primary N) is 1. The van der Waals surface area contributed by atoms with Crippen LogP contribution in [-0.4, -0.2) is 19.8 Å². The molecule has 1 aromatic rings. The van der Waals surface area contributed by atoms with E-state index >= 15 is 0 Å². The van der Waals surface area contributed by atoms with E-state index < -0.39 is 0 Å². The Bertz CT molecular complexity index is 335. The third-order valence-corrected chi connectivity index (χ3v) is 2.78. The summed E-state index contributed by atoms with van der Waals surface area (Å²) in [4.78, 5) is 0. The second-order valence-electron chi connectivity index (χ2n) is 3.75. The predicted octanol–water partition coefficient (Wildman–Crippen LogP) is 3.80.